The maximum absolute atomic E-state index is 13.3. The molecule has 35 heavy (non-hydrogen) atoms. The highest BCUT2D eigenvalue weighted by atomic mass is 19.4. The third-order valence-corrected chi connectivity index (χ3v) is 4.69. The van der Waals surface area contributed by atoms with E-state index in [-0.39, 0.29) is 17.2 Å². The molecule has 2 aromatic carbocycles. The Kier molecular flexibility index (Phi) is 6.81. The zero-order valence-corrected chi connectivity index (χ0v) is 18.2. The number of aromatic nitrogens is 2. The number of carbonyl (C=O) groups excluding carboxylic acids is 1. The molecule has 0 spiro atoms. The van der Waals surface area contributed by atoms with Crippen molar-refractivity contribution in [3.8, 4) is 23.3 Å². The van der Waals surface area contributed by atoms with Crippen LogP contribution in [0, 0.1) is 0 Å². The Morgan fingerprint density at radius 2 is 1.49 bits per heavy atom. The summed E-state index contributed by atoms with van der Waals surface area (Å²) in [6.45, 7) is 0. The number of hydrogen-bond acceptors (Lipinski definition) is 7. The van der Waals surface area contributed by atoms with Crippen LogP contribution in [0.3, 0.4) is 0 Å². The van der Waals surface area contributed by atoms with Gasteiger partial charge in [-0.05, 0) is 54.6 Å². The fourth-order valence-corrected chi connectivity index (χ4v) is 3.09. The highest BCUT2D eigenvalue weighted by Gasteiger charge is 2.35. The molecule has 0 aliphatic heterocycles. The summed E-state index contributed by atoms with van der Waals surface area (Å²) in [5.74, 6) is -0.598. The molecule has 0 saturated carbocycles. The lowest BCUT2D eigenvalue weighted by Crippen LogP contribution is -2.09. The molecular formula is C25H18F3N3O4. The molecule has 0 aliphatic carbocycles. The largest absolute Gasteiger partial charge is 0.465 e. The van der Waals surface area contributed by atoms with Crippen molar-refractivity contribution in [1.29, 1.82) is 0 Å². The van der Waals surface area contributed by atoms with Crippen LogP contribution in [0.15, 0.2) is 85.2 Å². The van der Waals surface area contributed by atoms with Gasteiger partial charge in [-0.2, -0.15) is 13.2 Å². The van der Waals surface area contributed by atoms with Crippen molar-refractivity contribution in [3.05, 3.63) is 96.3 Å². The van der Waals surface area contributed by atoms with Crippen molar-refractivity contribution >= 4 is 17.3 Å². The summed E-state index contributed by atoms with van der Waals surface area (Å²) in [5, 5.41) is 3.06. The van der Waals surface area contributed by atoms with Crippen molar-refractivity contribution in [2.24, 2.45) is 0 Å². The second kappa shape index (κ2) is 10.1. The highest BCUT2D eigenvalue weighted by molar-refractivity contribution is 5.97. The number of halogens is 3. The number of ether oxygens (including phenoxy) is 3. The van der Waals surface area contributed by atoms with Crippen LogP contribution in [0.5, 0.6) is 23.3 Å². The van der Waals surface area contributed by atoms with Crippen LogP contribution in [-0.2, 0) is 10.9 Å². The molecule has 7 nitrogen and oxygen atoms in total. The van der Waals surface area contributed by atoms with Crippen molar-refractivity contribution in [2.75, 3.05) is 12.4 Å². The first kappa shape index (κ1) is 23.6. The Bertz CT molecular complexity index is 1330. The molecule has 4 aromatic rings. The topological polar surface area (TPSA) is 82.6 Å². The average molecular weight is 481 g/mol. The quantitative estimate of drug-likeness (QED) is 0.297. The van der Waals surface area contributed by atoms with Gasteiger partial charge in [0.05, 0.1) is 18.4 Å². The fourth-order valence-electron chi connectivity index (χ4n) is 3.09. The summed E-state index contributed by atoms with van der Waals surface area (Å²) in [6.07, 6.45) is -1.93. The Morgan fingerprint density at radius 1 is 0.800 bits per heavy atom. The lowest BCUT2D eigenvalue weighted by Gasteiger charge is -2.16. The van der Waals surface area contributed by atoms with E-state index in [0.29, 0.717) is 17.1 Å². The lowest BCUT2D eigenvalue weighted by atomic mass is 10.1. The lowest BCUT2D eigenvalue weighted by molar-refractivity contribution is -0.138. The molecule has 0 unspecified atom stereocenters. The van der Waals surface area contributed by atoms with E-state index < -0.39 is 23.6 Å². The molecule has 0 radical (unpaired) electrons. The fraction of sp³-hybridized carbons (Fsp3) is 0.0800. The minimum absolute atomic E-state index is 0.0176. The molecular weight excluding hydrogens is 463 g/mol. The van der Waals surface area contributed by atoms with E-state index >= 15 is 0 Å². The van der Waals surface area contributed by atoms with Crippen molar-refractivity contribution in [3.63, 3.8) is 0 Å². The van der Waals surface area contributed by atoms with E-state index in [1.807, 2.05) is 18.2 Å². The summed E-state index contributed by atoms with van der Waals surface area (Å²) >= 11 is 0. The van der Waals surface area contributed by atoms with Crippen LogP contribution in [0.1, 0.15) is 15.9 Å². The van der Waals surface area contributed by atoms with Gasteiger partial charge in [0, 0.05) is 12.4 Å². The standard InChI is InChI=1S/C25H18F3N3O4/c1-33-24(32)18-15-17(35-22-19(25(26,27)28)9-5-13-29-22)11-12-20(18)31-21-10-6-14-30-23(21)34-16-7-3-2-4-8-16/h2-15,31H,1H3. The Morgan fingerprint density at radius 3 is 2.20 bits per heavy atom. The molecule has 0 amide bonds. The van der Waals surface area contributed by atoms with E-state index in [0.717, 1.165) is 12.1 Å². The predicted molar refractivity (Wildman–Crippen MR) is 121 cm³/mol. The molecule has 0 fully saturated rings. The van der Waals surface area contributed by atoms with Crippen molar-refractivity contribution in [1.82, 2.24) is 9.97 Å². The molecule has 2 heterocycles. The normalized spacial score (nSPS) is 11.0. The number of para-hydroxylation sites is 1. The average Bonchev–Trinajstić information content (AvgIpc) is 2.86. The molecule has 0 saturated heterocycles. The third kappa shape index (κ3) is 5.67. The van der Waals surface area contributed by atoms with Gasteiger partial charge in [0.1, 0.15) is 22.7 Å². The molecule has 178 valence electrons. The smallest absolute Gasteiger partial charge is 0.421 e. The molecule has 0 aliphatic rings. The van der Waals surface area contributed by atoms with Gasteiger partial charge in [-0.25, -0.2) is 14.8 Å². The first-order chi connectivity index (χ1) is 16.8. The number of anilines is 2. The van der Waals surface area contributed by atoms with Gasteiger partial charge in [-0.3, -0.25) is 0 Å². The van der Waals surface area contributed by atoms with Crippen molar-refractivity contribution < 1.29 is 32.2 Å². The Labute approximate surface area is 198 Å². The number of nitrogens with zero attached hydrogens (tertiary/aromatic N) is 2. The molecule has 0 atom stereocenters. The zero-order chi connectivity index (χ0) is 24.8. The van der Waals surface area contributed by atoms with Gasteiger partial charge in [-0.1, -0.05) is 18.2 Å². The van der Waals surface area contributed by atoms with Crippen LogP contribution in [0.2, 0.25) is 0 Å². The van der Waals surface area contributed by atoms with Gasteiger partial charge in [0.25, 0.3) is 0 Å². The van der Waals surface area contributed by atoms with Crippen LogP contribution >= 0.6 is 0 Å². The molecule has 4 rings (SSSR count). The van der Waals surface area contributed by atoms with E-state index in [1.165, 1.54) is 31.5 Å². The van der Waals surface area contributed by atoms with Gasteiger partial charge in [-0.15, -0.1) is 0 Å². The number of carbonyl (C=O) groups is 1. The van der Waals surface area contributed by atoms with Crippen LogP contribution in [0.4, 0.5) is 24.5 Å². The number of alkyl halides is 3. The number of pyridine rings is 2. The van der Waals surface area contributed by atoms with E-state index in [2.05, 4.69) is 15.3 Å². The van der Waals surface area contributed by atoms with Gasteiger partial charge < -0.3 is 19.5 Å². The highest BCUT2D eigenvalue weighted by Crippen LogP contribution is 2.38. The zero-order valence-electron chi connectivity index (χ0n) is 18.2. The monoisotopic (exact) mass is 481 g/mol. The minimum atomic E-state index is -4.66. The second-order valence-corrected chi connectivity index (χ2v) is 7.05. The minimum Gasteiger partial charge on any atom is -0.465 e. The summed E-state index contributed by atoms with van der Waals surface area (Å²) in [5.41, 5.74) is -0.282. The number of benzene rings is 2. The SMILES string of the molecule is COC(=O)c1cc(Oc2ncccc2C(F)(F)F)ccc1Nc1cccnc1Oc1ccccc1. The van der Waals surface area contributed by atoms with Gasteiger partial charge in [0.2, 0.25) is 11.8 Å². The maximum atomic E-state index is 13.3. The molecule has 1 N–H and O–H groups in total. The molecule has 2 aromatic heterocycles. The number of nitrogens with one attached hydrogen (secondary N) is 1. The molecule has 0 bridgehead atoms. The van der Waals surface area contributed by atoms with Gasteiger partial charge in [0.15, 0.2) is 0 Å². The van der Waals surface area contributed by atoms with E-state index in [4.69, 9.17) is 14.2 Å². The van der Waals surface area contributed by atoms with Crippen LogP contribution in [-0.4, -0.2) is 23.0 Å². The number of esters is 1. The van der Waals surface area contributed by atoms with Crippen LogP contribution < -0.4 is 14.8 Å². The third-order valence-electron chi connectivity index (χ3n) is 4.69. The van der Waals surface area contributed by atoms with Crippen LogP contribution in [0.25, 0.3) is 0 Å². The summed E-state index contributed by atoms with van der Waals surface area (Å²) in [7, 11) is 1.19. The summed E-state index contributed by atoms with van der Waals surface area (Å²) in [4.78, 5) is 20.4. The van der Waals surface area contributed by atoms with E-state index in [9.17, 15) is 18.0 Å². The van der Waals surface area contributed by atoms with Gasteiger partial charge >= 0.3 is 12.1 Å². The van der Waals surface area contributed by atoms with E-state index in [1.54, 1.807) is 30.5 Å². The number of methoxy groups -OCH3 is 1. The number of rotatable bonds is 7. The Balaban J connectivity index is 1.65. The maximum Gasteiger partial charge on any atom is 0.421 e. The Hall–Kier alpha value is -4.60. The van der Waals surface area contributed by atoms with Crippen molar-refractivity contribution in [2.45, 2.75) is 6.18 Å². The first-order valence-electron chi connectivity index (χ1n) is 10.2. The predicted octanol–water partition coefficient (Wildman–Crippen LogP) is 6.61. The number of hydrogen-bond donors (Lipinski definition) is 1. The molecule has 10 heteroatoms. The summed E-state index contributed by atoms with van der Waals surface area (Å²) in [6, 6.07) is 18.5. The first-order valence-corrected chi connectivity index (χ1v) is 10.2. The second-order valence-electron chi connectivity index (χ2n) is 7.05. The summed E-state index contributed by atoms with van der Waals surface area (Å²) < 4.78 is 55.9.